The van der Waals surface area contributed by atoms with Gasteiger partial charge in [-0.15, -0.1) is 16.4 Å². The van der Waals surface area contributed by atoms with E-state index in [0.717, 1.165) is 16.8 Å². The Morgan fingerprint density at radius 3 is 2.56 bits per heavy atom. The van der Waals surface area contributed by atoms with Crippen LogP contribution >= 0.6 is 11.3 Å². The summed E-state index contributed by atoms with van der Waals surface area (Å²) in [6.45, 7) is 1.96. The number of nitrogens with zero attached hydrogens (tertiary/aromatic N) is 3. The van der Waals surface area contributed by atoms with Gasteiger partial charge in [-0.25, -0.2) is 8.91 Å². The smallest absolute Gasteiger partial charge is 0.258 e. The minimum absolute atomic E-state index is 0.237. The van der Waals surface area contributed by atoms with E-state index in [4.69, 9.17) is 0 Å². The molecule has 2 aromatic carbocycles. The van der Waals surface area contributed by atoms with Crippen LogP contribution < -0.4 is 5.32 Å². The summed E-state index contributed by atoms with van der Waals surface area (Å²) in [5, 5.41) is 8.95. The maximum absolute atomic E-state index is 13.1. The Morgan fingerprint density at radius 2 is 1.84 bits per heavy atom. The number of benzene rings is 2. The summed E-state index contributed by atoms with van der Waals surface area (Å²) in [6.07, 6.45) is 0. The maximum atomic E-state index is 13.1. The standard InChI is InChI=1S/C18H13FN4OS/c1-11-2-4-13(5-3-11)16(24)20-17-21-18-23(22-17)15(10-25-18)12-6-8-14(19)9-7-12/h2-10H,1H3,(H,20,22,24). The number of hydrogen-bond donors (Lipinski definition) is 1. The number of aryl methyl sites for hydroxylation is 1. The predicted molar refractivity (Wildman–Crippen MR) is 95.4 cm³/mol. The van der Waals surface area contributed by atoms with Gasteiger partial charge in [0.25, 0.3) is 11.9 Å². The Balaban J connectivity index is 1.62. The third-order valence-corrected chi connectivity index (χ3v) is 4.58. The molecule has 124 valence electrons. The zero-order chi connectivity index (χ0) is 17.4. The number of amides is 1. The summed E-state index contributed by atoms with van der Waals surface area (Å²) in [5.74, 6) is -0.317. The van der Waals surface area contributed by atoms with Gasteiger partial charge in [0, 0.05) is 16.5 Å². The first-order chi connectivity index (χ1) is 12.1. The molecule has 2 aromatic heterocycles. The minimum Gasteiger partial charge on any atom is -0.289 e. The van der Waals surface area contributed by atoms with Gasteiger partial charge in [-0.2, -0.15) is 4.98 Å². The molecular formula is C18H13FN4OS. The number of thiazole rings is 1. The van der Waals surface area contributed by atoms with E-state index in [1.165, 1.54) is 23.5 Å². The highest BCUT2D eigenvalue weighted by atomic mass is 32.1. The molecule has 5 nitrogen and oxygen atoms in total. The molecule has 0 atom stereocenters. The second-order valence-electron chi connectivity index (χ2n) is 5.58. The highest BCUT2D eigenvalue weighted by molar-refractivity contribution is 7.15. The van der Waals surface area contributed by atoms with E-state index in [-0.39, 0.29) is 17.7 Å². The number of halogens is 1. The van der Waals surface area contributed by atoms with Crippen LogP contribution in [0.4, 0.5) is 10.3 Å². The lowest BCUT2D eigenvalue weighted by molar-refractivity contribution is 0.102. The number of anilines is 1. The third kappa shape index (κ3) is 3.01. The van der Waals surface area contributed by atoms with Gasteiger partial charge in [0.05, 0.1) is 5.69 Å². The first-order valence-corrected chi connectivity index (χ1v) is 8.46. The van der Waals surface area contributed by atoms with Crippen LogP contribution in [-0.2, 0) is 0 Å². The SMILES string of the molecule is Cc1ccc(C(=O)Nc2nc3scc(-c4ccc(F)cc4)n3n2)cc1. The van der Waals surface area contributed by atoms with E-state index in [0.29, 0.717) is 10.5 Å². The fourth-order valence-corrected chi connectivity index (χ4v) is 3.26. The first kappa shape index (κ1) is 15.5. The molecule has 0 aliphatic carbocycles. The third-order valence-electron chi connectivity index (χ3n) is 3.76. The molecule has 0 aliphatic rings. The van der Waals surface area contributed by atoms with Gasteiger partial charge in [0.15, 0.2) is 0 Å². The number of fused-ring (bicyclic) bond motifs is 1. The van der Waals surface area contributed by atoms with Crippen LogP contribution in [0.15, 0.2) is 53.9 Å². The number of carbonyl (C=O) groups is 1. The largest absolute Gasteiger partial charge is 0.289 e. The van der Waals surface area contributed by atoms with Crippen molar-refractivity contribution >= 4 is 28.2 Å². The number of carbonyl (C=O) groups excluding carboxylic acids is 1. The van der Waals surface area contributed by atoms with Gasteiger partial charge in [-0.3, -0.25) is 10.1 Å². The van der Waals surface area contributed by atoms with E-state index in [1.54, 1.807) is 28.8 Å². The van der Waals surface area contributed by atoms with Gasteiger partial charge < -0.3 is 0 Å². The molecule has 7 heteroatoms. The Labute approximate surface area is 146 Å². The molecule has 0 aliphatic heterocycles. The summed E-state index contributed by atoms with van der Waals surface area (Å²) < 4.78 is 14.7. The van der Waals surface area contributed by atoms with Crippen molar-refractivity contribution in [2.75, 3.05) is 5.32 Å². The van der Waals surface area contributed by atoms with Crippen LogP contribution in [0.25, 0.3) is 16.2 Å². The number of nitrogens with one attached hydrogen (secondary N) is 1. The van der Waals surface area contributed by atoms with Gasteiger partial charge in [-0.1, -0.05) is 17.7 Å². The lowest BCUT2D eigenvalue weighted by Crippen LogP contribution is -2.13. The molecule has 1 amide bonds. The van der Waals surface area contributed by atoms with Crippen molar-refractivity contribution in [1.29, 1.82) is 0 Å². The number of hydrogen-bond acceptors (Lipinski definition) is 4. The van der Waals surface area contributed by atoms with Crippen LogP contribution in [0.2, 0.25) is 0 Å². The van der Waals surface area contributed by atoms with Crippen LogP contribution in [-0.4, -0.2) is 20.5 Å². The molecule has 4 rings (SSSR count). The topological polar surface area (TPSA) is 59.3 Å². The first-order valence-electron chi connectivity index (χ1n) is 7.58. The molecule has 0 spiro atoms. The van der Waals surface area contributed by atoms with Crippen molar-refractivity contribution < 1.29 is 9.18 Å². The Bertz CT molecular complexity index is 1050. The molecule has 0 saturated carbocycles. The summed E-state index contributed by atoms with van der Waals surface area (Å²) in [5.41, 5.74) is 3.25. The Kier molecular flexibility index (Phi) is 3.77. The predicted octanol–water partition coefficient (Wildman–Crippen LogP) is 4.16. The van der Waals surface area contributed by atoms with Crippen LogP contribution in [0, 0.1) is 12.7 Å². The molecule has 1 N–H and O–H groups in total. The summed E-state index contributed by atoms with van der Waals surface area (Å²) in [7, 11) is 0. The molecule has 4 aromatic rings. The van der Waals surface area contributed by atoms with E-state index < -0.39 is 0 Å². The van der Waals surface area contributed by atoms with Gasteiger partial charge in [0.1, 0.15) is 5.82 Å². The lowest BCUT2D eigenvalue weighted by atomic mass is 10.1. The molecule has 2 heterocycles. The zero-order valence-corrected chi connectivity index (χ0v) is 14.0. The average molecular weight is 352 g/mol. The normalized spacial score (nSPS) is 11.0. The number of rotatable bonds is 3. The molecule has 25 heavy (non-hydrogen) atoms. The quantitative estimate of drug-likeness (QED) is 0.602. The highest BCUT2D eigenvalue weighted by Crippen LogP contribution is 2.26. The molecule has 0 unspecified atom stereocenters. The van der Waals surface area contributed by atoms with Crippen LogP contribution in [0.1, 0.15) is 15.9 Å². The second-order valence-corrected chi connectivity index (χ2v) is 6.41. The molecule has 0 bridgehead atoms. The Morgan fingerprint density at radius 1 is 1.12 bits per heavy atom. The van der Waals surface area contributed by atoms with Crippen molar-refractivity contribution in [3.63, 3.8) is 0 Å². The van der Waals surface area contributed by atoms with Crippen molar-refractivity contribution in [3.8, 4) is 11.3 Å². The zero-order valence-electron chi connectivity index (χ0n) is 13.2. The van der Waals surface area contributed by atoms with E-state index in [2.05, 4.69) is 15.4 Å². The molecule has 0 saturated heterocycles. The highest BCUT2D eigenvalue weighted by Gasteiger charge is 2.14. The second kappa shape index (κ2) is 6.10. The van der Waals surface area contributed by atoms with Crippen LogP contribution in [0.5, 0.6) is 0 Å². The minimum atomic E-state index is -0.292. The Hall–Kier alpha value is -3.06. The van der Waals surface area contributed by atoms with E-state index in [9.17, 15) is 9.18 Å². The van der Waals surface area contributed by atoms with E-state index >= 15 is 0 Å². The van der Waals surface area contributed by atoms with Gasteiger partial charge in [-0.05, 0) is 43.3 Å². The number of aromatic nitrogens is 3. The fourth-order valence-electron chi connectivity index (χ4n) is 2.43. The van der Waals surface area contributed by atoms with Gasteiger partial charge >= 0.3 is 0 Å². The van der Waals surface area contributed by atoms with Crippen molar-refractivity contribution in [1.82, 2.24) is 14.6 Å². The van der Waals surface area contributed by atoms with Crippen LogP contribution in [0.3, 0.4) is 0 Å². The summed E-state index contributed by atoms with van der Waals surface area (Å²) in [4.78, 5) is 17.3. The summed E-state index contributed by atoms with van der Waals surface area (Å²) >= 11 is 1.40. The maximum Gasteiger partial charge on any atom is 0.258 e. The van der Waals surface area contributed by atoms with E-state index in [1.807, 2.05) is 24.4 Å². The molecule has 0 radical (unpaired) electrons. The summed E-state index contributed by atoms with van der Waals surface area (Å²) in [6, 6.07) is 13.4. The fraction of sp³-hybridized carbons (Fsp3) is 0.0556. The van der Waals surface area contributed by atoms with Crippen molar-refractivity contribution in [2.24, 2.45) is 0 Å². The lowest BCUT2D eigenvalue weighted by Gasteiger charge is -2.01. The van der Waals surface area contributed by atoms with Crippen molar-refractivity contribution in [2.45, 2.75) is 6.92 Å². The average Bonchev–Trinajstić information content (AvgIpc) is 3.16. The monoisotopic (exact) mass is 352 g/mol. The van der Waals surface area contributed by atoms with Crippen molar-refractivity contribution in [3.05, 3.63) is 70.9 Å². The molecule has 0 fully saturated rings. The van der Waals surface area contributed by atoms with Gasteiger partial charge in [0.2, 0.25) is 4.96 Å². The molecular weight excluding hydrogens is 339 g/mol.